The van der Waals surface area contributed by atoms with Crippen molar-refractivity contribution in [2.24, 2.45) is 17.3 Å². The summed E-state index contributed by atoms with van der Waals surface area (Å²) in [6.07, 6.45) is 22.7. The summed E-state index contributed by atoms with van der Waals surface area (Å²) in [4.78, 5) is 11.9. The molecule has 0 unspecified atom stereocenters. The minimum absolute atomic E-state index is 0.114. The number of allylic oxidation sites excluding steroid dienone is 4. The van der Waals surface area contributed by atoms with Gasteiger partial charge in [0, 0.05) is 11.5 Å². The van der Waals surface area contributed by atoms with Crippen LogP contribution in [0.3, 0.4) is 0 Å². The Bertz CT molecular complexity index is 766. The van der Waals surface area contributed by atoms with Crippen LogP contribution in [0.15, 0.2) is 48.6 Å². The maximum Gasteiger partial charge on any atom is 0.126 e. The van der Waals surface area contributed by atoms with Crippen molar-refractivity contribution in [3.05, 3.63) is 59.7 Å². The number of aryl methyl sites for hydroxylation is 1. The summed E-state index contributed by atoms with van der Waals surface area (Å²) in [6, 6.07) is 11.4. The van der Waals surface area contributed by atoms with E-state index in [-0.39, 0.29) is 5.41 Å². The molecule has 3 rings (SSSR count). The van der Waals surface area contributed by atoms with Gasteiger partial charge in [0.1, 0.15) is 6.29 Å². The Morgan fingerprint density at radius 3 is 2.29 bits per heavy atom. The van der Waals surface area contributed by atoms with Crippen LogP contribution in [0.25, 0.3) is 0 Å². The van der Waals surface area contributed by atoms with Gasteiger partial charge in [-0.3, -0.25) is 0 Å². The highest BCUT2D eigenvalue weighted by atomic mass is 16.1. The van der Waals surface area contributed by atoms with E-state index >= 15 is 0 Å². The molecule has 0 atom stereocenters. The summed E-state index contributed by atoms with van der Waals surface area (Å²) in [5.74, 6) is 2.41. The molecule has 0 radical (unpaired) electrons. The van der Waals surface area contributed by atoms with Crippen LogP contribution < -0.4 is 0 Å². The Balaban J connectivity index is 1.44. The second-order valence-electron chi connectivity index (χ2n) is 9.88. The highest BCUT2D eigenvalue weighted by Gasteiger charge is 2.38. The highest BCUT2D eigenvalue weighted by Crippen LogP contribution is 2.48. The van der Waals surface area contributed by atoms with Crippen molar-refractivity contribution in [2.45, 2.75) is 89.9 Å². The van der Waals surface area contributed by atoms with Crippen molar-refractivity contribution in [1.82, 2.24) is 0 Å². The maximum atomic E-state index is 11.9. The summed E-state index contributed by atoms with van der Waals surface area (Å²) < 4.78 is 0. The normalized spacial score (nSPS) is 29.2. The van der Waals surface area contributed by atoms with Crippen molar-refractivity contribution in [2.75, 3.05) is 0 Å². The van der Waals surface area contributed by atoms with Gasteiger partial charge in [-0.1, -0.05) is 55.8 Å². The van der Waals surface area contributed by atoms with Crippen LogP contribution in [0, 0.1) is 28.6 Å². The molecule has 1 aromatic carbocycles. The molecule has 0 heterocycles. The zero-order valence-electron chi connectivity index (χ0n) is 19.3. The first kappa shape index (κ1) is 23.5. The van der Waals surface area contributed by atoms with Crippen LogP contribution in [0.5, 0.6) is 0 Å². The summed E-state index contributed by atoms with van der Waals surface area (Å²) in [7, 11) is 0. The predicted octanol–water partition coefficient (Wildman–Crippen LogP) is 7.70. The Kier molecular flexibility index (Phi) is 9.13. The van der Waals surface area contributed by atoms with Crippen molar-refractivity contribution in [1.29, 1.82) is 5.26 Å². The van der Waals surface area contributed by atoms with E-state index in [1.807, 2.05) is 12.1 Å². The lowest BCUT2D eigenvalue weighted by atomic mass is 9.63. The topological polar surface area (TPSA) is 40.9 Å². The lowest BCUT2D eigenvalue weighted by molar-refractivity contribution is -0.119. The van der Waals surface area contributed by atoms with E-state index in [1.54, 1.807) is 11.6 Å². The third-order valence-electron chi connectivity index (χ3n) is 7.93. The molecule has 0 saturated heterocycles. The van der Waals surface area contributed by atoms with Crippen LogP contribution in [0.1, 0.15) is 94.6 Å². The SMILES string of the molecule is CCCc1ccc(C2CCC(C3CCC(C=O)(CCC=CC=CC#N)CC3)CC2)cc1. The van der Waals surface area contributed by atoms with Crippen molar-refractivity contribution >= 4 is 6.29 Å². The molecule has 0 amide bonds. The number of rotatable bonds is 9. The molecule has 2 aliphatic rings. The van der Waals surface area contributed by atoms with Crippen LogP contribution in [0.4, 0.5) is 0 Å². The molecular weight excluding hydrogens is 378 g/mol. The minimum atomic E-state index is -0.114. The zero-order valence-corrected chi connectivity index (χ0v) is 19.3. The quantitative estimate of drug-likeness (QED) is 0.234. The van der Waals surface area contributed by atoms with Gasteiger partial charge in [0.25, 0.3) is 0 Å². The monoisotopic (exact) mass is 417 g/mol. The number of hydrogen-bond donors (Lipinski definition) is 0. The molecule has 0 bridgehead atoms. The van der Waals surface area contributed by atoms with Gasteiger partial charge in [0.15, 0.2) is 0 Å². The minimum Gasteiger partial charge on any atom is -0.303 e. The van der Waals surface area contributed by atoms with Gasteiger partial charge < -0.3 is 4.79 Å². The average Bonchev–Trinajstić information content (AvgIpc) is 2.83. The van der Waals surface area contributed by atoms with Gasteiger partial charge in [-0.05, 0) is 99.5 Å². The summed E-state index contributed by atoms with van der Waals surface area (Å²) in [5.41, 5.74) is 2.89. The lowest BCUT2D eigenvalue weighted by Crippen LogP contribution is -2.32. The number of nitriles is 1. The molecule has 1 aromatic rings. The molecule has 2 heteroatoms. The first-order valence-electron chi connectivity index (χ1n) is 12.5. The third kappa shape index (κ3) is 6.67. The van der Waals surface area contributed by atoms with Gasteiger partial charge in [0.2, 0.25) is 0 Å². The number of benzene rings is 1. The van der Waals surface area contributed by atoms with E-state index < -0.39 is 0 Å². The molecule has 0 N–H and O–H groups in total. The van der Waals surface area contributed by atoms with E-state index in [0.29, 0.717) is 0 Å². The van der Waals surface area contributed by atoms with E-state index in [1.165, 1.54) is 69.3 Å². The average molecular weight is 418 g/mol. The van der Waals surface area contributed by atoms with E-state index in [2.05, 4.69) is 37.3 Å². The van der Waals surface area contributed by atoms with Crippen molar-refractivity contribution in [3.63, 3.8) is 0 Å². The van der Waals surface area contributed by atoms with Crippen LogP contribution in [0.2, 0.25) is 0 Å². The van der Waals surface area contributed by atoms with Gasteiger partial charge >= 0.3 is 0 Å². The second kappa shape index (κ2) is 12.0. The zero-order chi connectivity index (χ0) is 21.9. The third-order valence-corrected chi connectivity index (χ3v) is 7.93. The van der Waals surface area contributed by atoms with Crippen LogP contribution >= 0.6 is 0 Å². The molecule has 0 aliphatic heterocycles. The number of hydrogen-bond acceptors (Lipinski definition) is 2. The molecule has 2 saturated carbocycles. The molecule has 0 spiro atoms. The molecule has 2 fully saturated rings. The lowest BCUT2D eigenvalue weighted by Gasteiger charge is -2.41. The fourth-order valence-electron chi connectivity index (χ4n) is 5.93. The van der Waals surface area contributed by atoms with Crippen molar-refractivity contribution in [3.8, 4) is 6.07 Å². The molecule has 2 nitrogen and oxygen atoms in total. The summed E-state index contributed by atoms with van der Waals surface area (Å²) in [5, 5.41) is 8.52. The van der Waals surface area contributed by atoms with Crippen molar-refractivity contribution < 1.29 is 4.79 Å². The standard InChI is InChI=1S/C29H39NO/c1-2-8-24-9-11-25(12-10-24)26-13-15-27(16-14-26)28-17-20-29(23-31,21-18-28)19-6-4-3-5-7-22-30/h3-5,7,9-12,23,26-28H,2,6,8,13-21H2,1H3. The first-order chi connectivity index (χ1) is 15.2. The van der Waals surface area contributed by atoms with Gasteiger partial charge in [-0.2, -0.15) is 5.26 Å². The fourth-order valence-corrected chi connectivity index (χ4v) is 5.93. The summed E-state index contributed by atoms with van der Waals surface area (Å²) in [6.45, 7) is 2.24. The van der Waals surface area contributed by atoms with Gasteiger partial charge in [-0.15, -0.1) is 0 Å². The molecule has 166 valence electrons. The van der Waals surface area contributed by atoms with E-state index in [4.69, 9.17) is 5.26 Å². The Labute approximate surface area is 189 Å². The number of carbonyl (C=O) groups is 1. The van der Waals surface area contributed by atoms with Gasteiger partial charge in [0.05, 0.1) is 6.07 Å². The Morgan fingerprint density at radius 1 is 1.00 bits per heavy atom. The Hall–Kier alpha value is -2.14. The van der Waals surface area contributed by atoms with Crippen LogP contribution in [-0.4, -0.2) is 6.29 Å². The number of nitrogens with zero attached hydrogens (tertiary/aromatic N) is 1. The Morgan fingerprint density at radius 2 is 1.68 bits per heavy atom. The first-order valence-corrected chi connectivity index (χ1v) is 12.5. The second-order valence-corrected chi connectivity index (χ2v) is 9.88. The number of aldehydes is 1. The molecular formula is C29H39NO. The highest BCUT2D eigenvalue weighted by molar-refractivity contribution is 5.59. The van der Waals surface area contributed by atoms with E-state index in [0.717, 1.165) is 43.4 Å². The maximum absolute atomic E-state index is 11.9. The van der Waals surface area contributed by atoms with E-state index in [9.17, 15) is 4.79 Å². The fraction of sp³-hybridized carbons (Fsp3) is 0.586. The smallest absolute Gasteiger partial charge is 0.126 e. The van der Waals surface area contributed by atoms with Crippen LogP contribution in [-0.2, 0) is 11.2 Å². The summed E-state index contributed by atoms with van der Waals surface area (Å²) >= 11 is 0. The molecule has 31 heavy (non-hydrogen) atoms. The number of carbonyl (C=O) groups excluding carboxylic acids is 1. The predicted molar refractivity (Wildman–Crippen MR) is 129 cm³/mol. The molecule has 0 aromatic heterocycles. The molecule has 2 aliphatic carbocycles. The van der Waals surface area contributed by atoms with Gasteiger partial charge in [-0.25, -0.2) is 0 Å². The largest absolute Gasteiger partial charge is 0.303 e.